The van der Waals surface area contributed by atoms with E-state index in [2.05, 4.69) is 21.3 Å². The molecule has 6 atom stereocenters. The number of epoxide rings is 1. The molecule has 1 fully saturated rings. The van der Waals surface area contributed by atoms with Gasteiger partial charge in [0, 0.05) is 0 Å². The molecule has 51 heavy (non-hydrogen) atoms. The summed E-state index contributed by atoms with van der Waals surface area (Å²) < 4.78 is 16.8. The maximum atomic E-state index is 13.4. The highest BCUT2D eigenvalue weighted by molar-refractivity contribution is 5.86. The quantitative estimate of drug-likeness (QED) is 0.123. The third-order valence-electron chi connectivity index (χ3n) is 8.49. The summed E-state index contributed by atoms with van der Waals surface area (Å²) in [5.74, 6) is -0.811. The molecule has 1 aliphatic heterocycles. The molecule has 5 rings (SSSR count). The molecule has 0 aromatic heterocycles. The van der Waals surface area contributed by atoms with Gasteiger partial charge in [-0.1, -0.05) is 121 Å². The van der Waals surface area contributed by atoms with Crippen LogP contribution >= 0.6 is 0 Å². The van der Waals surface area contributed by atoms with E-state index in [4.69, 9.17) is 14.2 Å². The molecule has 0 aliphatic carbocycles. The van der Waals surface area contributed by atoms with Crippen molar-refractivity contribution in [1.29, 1.82) is 0 Å². The molecule has 4 aromatic rings. The van der Waals surface area contributed by atoms with Crippen molar-refractivity contribution in [1.82, 2.24) is 21.3 Å². The molecule has 0 spiro atoms. The lowest BCUT2D eigenvalue weighted by atomic mass is 9.95. The normalized spacial score (nSPS) is 17.1. The molecule has 0 saturated carbocycles. The Bertz CT molecular complexity index is 1580. The second-order valence-corrected chi connectivity index (χ2v) is 12.5. The number of hydrogen-bond donors (Lipinski definition) is 4. The minimum atomic E-state index is -0.892. The third-order valence-corrected chi connectivity index (χ3v) is 8.49. The van der Waals surface area contributed by atoms with Crippen molar-refractivity contribution in [2.45, 2.75) is 76.3 Å². The van der Waals surface area contributed by atoms with Gasteiger partial charge >= 0.3 is 12.2 Å². The predicted octanol–water partition coefficient (Wildman–Crippen LogP) is 4.84. The van der Waals surface area contributed by atoms with E-state index in [0.29, 0.717) is 12.8 Å². The lowest BCUT2D eigenvalue weighted by Crippen LogP contribution is -2.53. The number of benzene rings is 4. The molecule has 0 unspecified atom stereocenters. The molecule has 1 saturated heterocycles. The monoisotopic (exact) mass is 692 g/mol. The van der Waals surface area contributed by atoms with Crippen LogP contribution in [-0.2, 0) is 49.9 Å². The number of hydrogen-bond acceptors (Lipinski definition) is 7. The molecule has 11 nitrogen and oxygen atoms in total. The van der Waals surface area contributed by atoms with Gasteiger partial charge in [0.1, 0.15) is 37.5 Å². The van der Waals surface area contributed by atoms with E-state index in [1.54, 1.807) is 13.8 Å². The van der Waals surface area contributed by atoms with Gasteiger partial charge in [0.25, 0.3) is 0 Å². The molecular formula is C40H44N4O7. The minimum absolute atomic E-state index is 0.0762. The van der Waals surface area contributed by atoms with Gasteiger partial charge in [0.05, 0.1) is 12.1 Å². The Kier molecular flexibility index (Phi) is 13.2. The molecule has 4 N–H and O–H groups in total. The Balaban J connectivity index is 1.22. The summed E-state index contributed by atoms with van der Waals surface area (Å²) in [7, 11) is 0. The van der Waals surface area contributed by atoms with Gasteiger partial charge < -0.3 is 35.5 Å². The second-order valence-electron chi connectivity index (χ2n) is 12.5. The lowest BCUT2D eigenvalue weighted by molar-refractivity contribution is -0.124. The van der Waals surface area contributed by atoms with Crippen LogP contribution in [0.5, 0.6) is 0 Å². The molecule has 1 heterocycles. The van der Waals surface area contributed by atoms with E-state index < -0.39 is 60.4 Å². The van der Waals surface area contributed by atoms with Gasteiger partial charge in [-0.15, -0.1) is 0 Å². The standard InChI is InChI=1S/C40H44N4O7/c1-27(41-39(47)49-25-31-19-11-5-12-20-31)37(45)43-33(23-29-15-7-3-8-16-29)35-36(51-35)34(24-30-17-9-4-10-18-30)44-38(46)28(2)42-40(48)50-26-32-21-13-6-14-22-32/h3-22,27-28,33-36H,23-26H2,1-2H3,(H,41,47)(H,42,48)(H,43,45)(H,44,46)/t27-,28-,33-,34-,35-,36+/m0/s1. The van der Waals surface area contributed by atoms with Gasteiger partial charge in [0.2, 0.25) is 11.8 Å². The maximum absolute atomic E-state index is 13.4. The van der Waals surface area contributed by atoms with Crippen LogP contribution in [0.1, 0.15) is 36.1 Å². The van der Waals surface area contributed by atoms with Crippen molar-refractivity contribution in [2.24, 2.45) is 0 Å². The van der Waals surface area contributed by atoms with Crippen molar-refractivity contribution < 1.29 is 33.4 Å². The zero-order valence-electron chi connectivity index (χ0n) is 28.7. The molecule has 266 valence electrons. The summed E-state index contributed by atoms with van der Waals surface area (Å²) in [4.78, 5) is 51.8. The average Bonchev–Trinajstić information content (AvgIpc) is 3.95. The first-order chi connectivity index (χ1) is 24.7. The van der Waals surface area contributed by atoms with Crippen LogP contribution in [0, 0.1) is 0 Å². The Morgan fingerprint density at radius 3 is 1.16 bits per heavy atom. The zero-order chi connectivity index (χ0) is 36.0. The summed E-state index contributed by atoms with van der Waals surface area (Å²) >= 11 is 0. The van der Waals surface area contributed by atoms with Crippen molar-refractivity contribution in [3.05, 3.63) is 144 Å². The Hall–Kier alpha value is -5.68. The molecule has 1 aliphatic rings. The first-order valence-corrected chi connectivity index (χ1v) is 17.0. The zero-order valence-corrected chi connectivity index (χ0v) is 28.7. The Morgan fingerprint density at radius 2 is 0.824 bits per heavy atom. The van der Waals surface area contributed by atoms with Crippen LogP contribution in [0.4, 0.5) is 9.59 Å². The summed E-state index contributed by atoms with van der Waals surface area (Å²) in [6.45, 7) is 3.32. The summed E-state index contributed by atoms with van der Waals surface area (Å²) in [5.41, 5.74) is 3.62. The van der Waals surface area contributed by atoms with Crippen LogP contribution in [0.15, 0.2) is 121 Å². The van der Waals surface area contributed by atoms with Gasteiger partial charge in [-0.2, -0.15) is 0 Å². The molecule has 4 aromatic carbocycles. The van der Waals surface area contributed by atoms with Crippen LogP contribution in [0.25, 0.3) is 0 Å². The first kappa shape index (κ1) is 36.6. The topological polar surface area (TPSA) is 147 Å². The van der Waals surface area contributed by atoms with E-state index in [1.165, 1.54) is 0 Å². The number of alkyl carbamates (subject to hydrolysis) is 2. The maximum Gasteiger partial charge on any atom is 0.408 e. The van der Waals surface area contributed by atoms with E-state index in [-0.39, 0.29) is 13.2 Å². The Morgan fingerprint density at radius 1 is 0.510 bits per heavy atom. The highest BCUT2D eigenvalue weighted by Crippen LogP contribution is 2.32. The van der Waals surface area contributed by atoms with Gasteiger partial charge in [-0.3, -0.25) is 9.59 Å². The number of amides is 4. The fraction of sp³-hybridized carbons (Fsp3) is 0.300. The second kappa shape index (κ2) is 18.4. The fourth-order valence-electron chi connectivity index (χ4n) is 5.65. The average molecular weight is 693 g/mol. The van der Waals surface area contributed by atoms with E-state index in [1.807, 2.05) is 121 Å². The lowest BCUT2D eigenvalue weighted by Gasteiger charge is -2.23. The van der Waals surface area contributed by atoms with Crippen LogP contribution in [0.2, 0.25) is 0 Å². The predicted molar refractivity (Wildman–Crippen MR) is 191 cm³/mol. The molecule has 11 heteroatoms. The van der Waals surface area contributed by atoms with Crippen molar-refractivity contribution in [2.75, 3.05) is 0 Å². The Labute approximate surface area is 298 Å². The number of rotatable bonds is 16. The smallest absolute Gasteiger partial charge is 0.408 e. The van der Waals surface area contributed by atoms with E-state index in [0.717, 1.165) is 22.3 Å². The highest BCUT2D eigenvalue weighted by Gasteiger charge is 2.50. The number of carbonyl (C=O) groups is 4. The molecule has 4 amide bonds. The fourth-order valence-corrected chi connectivity index (χ4v) is 5.65. The molecule has 0 radical (unpaired) electrons. The summed E-state index contributed by atoms with van der Waals surface area (Å²) in [6, 6.07) is 35.2. The number of ether oxygens (including phenoxy) is 3. The van der Waals surface area contributed by atoms with E-state index in [9.17, 15) is 19.2 Å². The van der Waals surface area contributed by atoms with Crippen LogP contribution < -0.4 is 21.3 Å². The van der Waals surface area contributed by atoms with Crippen molar-refractivity contribution in [3.63, 3.8) is 0 Å². The van der Waals surface area contributed by atoms with E-state index >= 15 is 0 Å². The van der Waals surface area contributed by atoms with Gasteiger partial charge in [-0.05, 0) is 48.9 Å². The van der Waals surface area contributed by atoms with Gasteiger partial charge in [0.15, 0.2) is 0 Å². The highest BCUT2D eigenvalue weighted by atomic mass is 16.6. The van der Waals surface area contributed by atoms with Crippen molar-refractivity contribution in [3.8, 4) is 0 Å². The SMILES string of the molecule is C[C@H](NC(=O)OCc1ccccc1)C(=O)N[C@@H](Cc1ccccc1)[C@@H]1O[C@@H]1[C@H](Cc1ccccc1)NC(=O)[C@H](C)NC(=O)OCc1ccccc1. The number of nitrogens with one attached hydrogen (secondary N) is 4. The largest absolute Gasteiger partial charge is 0.445 e. The van der Waals surface area contributed by atoms with Gasteiger partial charge in [-0.25, -0.2) is 9.59 Å². The molecule has 0 bridgehead atoms. The number of carbonyl (C=O) groups excluding carboxylic acids is 4. The molecular weight excluding hydrogens is 648 g/mol. The van der Waals surface area contributed by atoms with Crippen molar-refractivity contribution >= 4 is 24.0 Å². The summed E-state index contributed by atoms with van der Waals surface area (Å²) in [6.07, 6.45) is -1.40. The van der Waals surface area contributed by atoms with Crippen LogP contribution in [-0.4, -0.2) is 60.4 Å². The summed E-state index contributed by atoms with van der Waals surface area (Å²) in [5, 5.41) is 11.3. The third kappa shape index (κ3) is 11.7. The minimum Gasteiger partial charge on any atom is -0.445 e. The first-order valence-electron chi connectivity index (χ1n) is 17.0. The van der Waals surface area contributed by atoms with Crippen LogP contribution in [0.3, 0.4) is 0 Å².